The van der Waals surface area contributed by atoms with Gasteiger partial charge in [0.2, 0.25) is 0 Å². The van der Waals surface area contributed by atoms with Crippen LogP contribution in [0.5, 0.6) is 5.75 Å². The molecule has 1 aromatic rings. The molecule has 7 heteroatoms. The van der Waals surface area contributed by atoms with Gasteiger partial charge in [0.05, 0.1) is 42.0 Å². The van der Waals surface area contributed by atoms with Crippen molar-refractivity contribution in [3.8, 4) is 5.75 Å². The van der Waals surface area contributed by atoms with E-state index in [1.54, 1.807) is 19.2 Å². The summed E-state index contributed by atoms with van der Waals surface area (Å²) in [6.45, 7) is 3.23. The Kier molecular flexibility index (Phi) is 9.21. The molecule has 0 saturated heterocycles. The van der Waals surface area contributed by atoms with Crippen molar-refractivity contribution in [2.24, 2.45) is 0 Å². The smallest absolute Gasteiger partial charge is 0.147 e. The van der Waals surface area contributed by atoms with Gasteiger partial charge in [0.15, 0.2) is 0 Å². The van der Waals surface area contributed by atoms with Gasteiger partial charge in [-0.1, -0.05) is 0 Å². The number of ether oxygens (including phenoxy) is 4. The van der Waals surface area contributed by atoms with E-state index in [0.717, 1.165) is 14.7 Å². The van der Waals surface area contributed by atoms with Crippen LogP contribution in [-0.4, -0.2) is 46.8 Å². The Morgan fingerprint density at radius 1 is 0.900 bits per heavy atom. The summed E-state index contributed by atoms with van der Waals surface area (Å²) in [6, 6.07) is 3.59. The van der Waals surface area contributed by atoms with Crippen molar-refractivity contribution in [2.75, 3.05) is 52.5 Å². The second-order valence-electron chi connectivity index (χ2n) is 3.88. The maximum absolute atomic E-state index is 5.71. The van der Waals surface area contributed by atoms with E-state index in [1.807, 2.05) is 0 Å². The maximum Gasteiger partial charge on any atom is 0.147 e. The molecule has 2 N–H and O–H groups in total. The Morgan fingerprint density at radius 3 is 1.95 bits per heavy atom. The molecule has 0 aromatic heterocycles. The van der Waals surface area contributed by atoms with Crippen LogP contribution in [0.25, 0.3) is 0 Å². The normalized spacial score (nSPS) is 10.8. The molecule has 0 aliphatic carbocycles. The Hall–Kier alpha value is -0.340. The van der Waals surface area contributed by atoms with Crippen LogP contribution in [-0.2, 0) is 14.2 Å². The van der Waals surface area contributed by atoms with E-state index in [1.165, 1.54) is 0 Å². The van der Waals surface area contributed by atoms with Gasteiger partial charge in [-0.3, -0.25) is 0 Å². The van der Waals surface area contributed by atoms with Crippen molar-refractivity contribution in [3.05, 3.63) is 21.1 Å². The minimum atomic E-state index is 0.458. The van der Waals surface area contributed by atoms with Crippen molar-refractivity contribution < 1.29 is 18.9 Å². The summed E-state index contributed by atoms with van der Waals surface area (Å²) in [5.41, 5.74) is 6.38. The number of rotatable bonds is 10. The number of methoxy groups -OCH3 is 1. The molecular weight excluding hydrogens is 394 g/mol. The highest BCUT2D eigenvalue weighted by Crippen LogP contribution is 2.35. The zero-order valence-electron chi connectivity index (χ0n) is 11.4. The van der Waals surface area contributed by atoms with Gasteiger partial charge < -0.3 is 24.7 Å². The van der Waals surface area contributed by atoms with Crippen LogP contribution in [0.1, 0.15) is 0 Å². The first-order chi connectivity index (χ1) is 9.65. The van der Waals surface area contributed by atoms with E-state index >= 15 is 0 Å². The Labute approximate surface area is 136 Å². The highest BCUT2D eigenvalue weighted by atomic mass is 79.9. The predicted octanol–water partition coefficient (Wildman–Crippen LogP) is 2.85. The number of hydrogen-bond donors (Lipinski definition) is 1. The summed E-state index contributed by atoms with van der Waals surface area (Å²) in [5.74, 6) is 0.721. The molecule has 5 nitrogen and oxygen atoms in total. The molecule has 0 spiro atoms. The van der Waals surface area contributed by atoms with Crippen molar-refractivity contribution >= 4 is 37.5 Å². The molecule has 0 saturated carbocycles. The van der Waals surface area contributed by atoms with Gasteiger partial charge in [0.25, 0.3) is 0 Å². The predicted molar refractivity (Wildman–Crippen MR) is 85.3 cm³/mol. The van der Waals surface area contributed by atoms with E-state index in [-0.39, 0.29) is 0 Å². The van der Waals surface area contributed by atoms with Crippen molar-refractivity contribution in [3.63, 3.8) is 0 Å². The monoisotopic (exact) mass is 411 g/mol. The number of hydrogen-bond acceptors (Lipinski definition) is 5. The summed E-state index contributed by atoms with van der Waals surface area (Å²) in [5, 5.41) is 0. The average Bonchev–Trinajstić information content (AvgIpc) is 2.39. The van der Waals surface area contributed by atoms with E-state index in [2.05, 4.69) is 31.9 Å². The van der Waals surface area contributed by atoms with Crippen molar-refractivity contribution in [2.45, 2.75) is 0 Å². The third-order valence-electron chi connectivity index (χ3n) is 2.30. The summed E-state index contributed by atoms with van der Waals surface area (Å²) < 4.78 is 22.8. The quantitative estimate of drug-likeness (QED) is 0.472. The number of nitrogens with two attached hydrogens (primary N) is 1. The molecule has 0 fully saturated rings. The minimum Gasteiger partial charge on any atom is -0.489 e. The van der Waals surface area contributed by atoms with E-state index in [4.69, 9.17) is 24.7 Å². The fraction of sp³-hybridized carbons (Fsp3) is 0.538. The standard InChI is InChI=1S/C13H19Br2NO4/c1-17-2-3-18-4-5-19-6-7-20-13-11(14)8-10(16)9-12(13)15/h8-9H,2-7,16H2,1H3. The van der Waals surface area contributed by atoms with Gasteiger partial charge in [-0.25, -0.2) is 0 Å². The lowest BCUT2D eigenvalue weighted by Crippen LogP contribution is -2.12. The maximum atomic E-state index is 5.71. The topological polar surface area (TPSA) is 62.9 Å². The third kappa shape index (κ3) is 6.90. The lowest BCUT2D eigenvalue weighted by Gasteiger charge is -2.11. The summed E-state index contributed by atoms with van der Waals surface area (Å²) >= 11 is 6.82. The fourth-order valence-electron chi connectivity index (χ4n) is 1.38. The largest absolute Gasteiger partial charge is 0.489 e. The van der Waals surface area contributed by atoms with E-state index in [0.29, 0.717) is 45.3 Å². The third-order valence-corrected chi connectivity index (χ3v) is 3.48. The van der Waals surface area contributed by atoms with Crippen LogP contribution < -0.4 is 10.5 Å². The van der Waals surface area contributed by atoms with Crippen molar-refractivity contribution in [1.82, 2.24) is 0 Å². The van der Waals surface area contributed by atoms with Crippen LogP contribution in [0, 0.1) is 0 Å². The van der Waals surface area contributed by atoms with Crippen LogP contribution in [0.4, 0.5) is 5.69 Å². The van der Waals surface area contributed by atoms with Crippen LogP contribution in [0.15, 0.2) is 21.1 Å². The second kappa shape index (κ2) is 10.4. The van der Waals surface area contributed by atoms with Crippen LogP contribution in [0.3, 0.4) is 0 Å². The molecular formula is C13H19Br2NO4. The highest BCUT2D eigenvalue weighted by Gasteiger charge is 2.07. The summed E-state index contributed by atoms with van der Waals surface area (Å²) in [6.07, 6.45) is 0. The molecule has 0 bridgehead atoms. The van der Waals surface area contributed by atoms with Gasteiger partial charge in [-0.2, -0.15) is 0 Å². The molecule has 0 radical (unpaired) electrons. The first-order valence-corrected chi connectivity index (χ1v) is 7.75. The molecule has 114 valence electrons. The molecule has 0 aliphatic rings. The summed E-state index contributed by atoms with van der Waals surface area (Å²) in [4.78, 5) is 0. The number of halogens is 2. The highest BCUT2D eigenvalue weighted by molar-refractivity contribution is 9.11. The van der Waals surface area contributed by atoms with E-state index < -0.39 is 0 Å². The minimum absolute atomic E-state index is 0.458. The molecule has 0 aliphatic heterocycles. The molecule has 1 rings (SSSR count). The fourth-order valence-corrected chi connectivity index (χ4v) is 2.84. The van der Waals surface area contributed by atoms with E-state index in [9.17, 15) is 0 Å². The first-order valence-electron chi connectivity index (χ1n) is 6.17. The molecule has 0 heterocycles. The molecule has 1 aromatic carbocycles. The van der Waals surface area contributed by atoms with Gasteiger partial charge in [-0.05, 0) is 44.0 Å². The van der Waals surface area contributed by atoms with Gasteiger partial charge >= 0.3 is 0 Å². The molecule has 20 heavy (non-hydrogen) atoms. The second-order valence-corrected chi connectivity index (χ2v) is 5.59. The Bertz CT molecular complexity index is 381. The Balaban J connectivity index is 2.13. The molecule has 0 amide bonds. The first kappa shape index (κ1) is 17.7. The SMILES string of the molecule is COCCOCCOCCOc1c(Br)cc(N)cc1Br. The number of anilines is 1. The van der Waals surface area contributed by atoms with Crippen LogP contribution >= 0.6 is 31.9 Å². The summed E-state index contributed by atoms with van der Waals surface area (Å²) in [7, 11) is 1.64. The average molecular weight is 413 g/mol. The van der Waals surface area contributed by atoms with Gasteiger partial charge in [0.1, 0.15) is 12.4 Å². The molecule has 0 unspecified atom stereocenters. The van der Waals surface area contributed by atoms with Gasteiger partial charge in [-0.15, -0.1) is 0 Å². The van der Waals surface area contributed by atoms with Crippen molar-refractivity contribution in [1.29, 1.82) is 0 Å². The number of benzene rings is 1. The lowest BCUT2D eigenvalue weighted by atomic mass is 10.3. The molecule has 0 atom stereocenters. The lowest BCUT2D eigenvalue weighted by molar-refractivity contribution is 0.0179. The zero-order chi connectivity index (χ0) is 14.8. The zero-order valence-corrected chi connectivity index (χ0v) is 14.5. The van der Waals surface area contributed by atoms with Crippen LogP contribution in [0.2, 0.25) is 0 Å². The number of nitrogen functional groups attached to an aromatic ring is 1. The Morgan fingerprint density at radius 2 is 1.40 bits per heavy atom. The van der Waals surface area contributed by atoms with Gasteiger partial charge in [0, 0.05) is 12.8 Å².